The highest BCUT2D eigenvalue weighted by atomic mass is 79.9. The quantitative estimate of drug-likeness (QED) is 0.840. The van der Waals surface area contributed by atoms with Gasteiger partial charge in [-0.1, -0.05) is 22.0 Å². The number of halogens is 2. The van der Waals surface area contributed by atoms with Crippen molar-refractivity contribution in [2.75, 3.05) is 6.54 Å². The summed E-state index contributed by atoms with van der Waals surface area (Å²) in [5.74, 6) is -1.09. The molecule has 1 unspecified atom stereocenters. The van der Waals surface area contributed by atoms with Crippen molar-refractivity contribution in [3.05, 3.63) is 34.1 Å². The summed E-state index contributed by atoms with van der Waals surface area (Å²) in [5.41, 5.74) is 0.328. The molecule has 1 aliphatic heterocycles. The standard InChI is InChI=1S/C12H12BrFN2O2/c1-7-12(18)16(11(17)5-15-7)6-8-2-3-9(13)4-10(8)14/h2-4,7,15H,5-6H2,1H3. The normalized spacial score (nSPS) is 20.4. The van der Waals surface area contributed by atoms with Crippen molar-refractivity contribution < 1.29 is 14.0 Å². The lowest BCUT2D eigenvalue weighted by atomic mass is 10.1. The number of piperazine rings is 1. The molecule has 1 saturated heterocycles. The first-order chi connectivity index (χ1) is 8.49. The van der Waals surface area contributed by atoms with E-state index in [0.717, 1.165) is 4.90 Å². The van der Waals surface area contributed by atoms with Crippen molar-refractivity contribution in [2.45, 2.75) is 19.5 Å². The highest BCUT2D eigenvalue weighted by Crippen LogP contribution is 2.18. The monoisotopic (exact) mass is 314 g/mol. The molecule has 1 atom stereocenters. The molecule has 0 radical (unpaired) electrons. The third-order valence-corrected chi connectivity index (χ3v) is 3.33. The Hall–Kier alpha value is -1.27. The molecular formula is C12H12BrFN2O2. The topological polar surface area (TPSA) is 49.4 Å². The summed E-state index contributed by atoms with van der Waals surface area (Å²) in [4.78, 5) is 24.6. The molecule has 0 aliphatic carbocycles. The van der Waals surface area contributed by atoms with Crippen LogP contribution in [0.2, 0.25) is 0 Å². The fourth-order valence-corrected chi connectivity index (χ4v) is 2.10. The van der Waals surface area contributed by atoms with Gasteiger partial charge in [-0.05, 0) is 19.1 Å². The number of nitrogens with zero attached hydrogens (tertiary/aromatic N) is 1. The van der Waals surface area contributed by atoms with Gasteiger partial charge in [0.15, 0.2) is 0 Å². The van der Waals surface area contributed by atoms with Crippen LogP contribution in [-0.2, 0) is 16.1 Å². The second-order valence-electron chi connectivity index (χ2n) is 4.16. The van der Waals surface area contributed by atoms with Gasteiger partial charge in [0.2, 0.25) is 11.8 Å². The van der Waals surface area contributed by atoms with E-state index in [1.165, 1.54) is 6.07 Å². The van der Waals surface area contributed by atoms with E-state index >= 15 is 0 Å². The van der Waals surface area contributed by atoms with Gasteiger partial charge < -0.3 is 0 Å². The third kappa shape index (κ3) is 2.59. The van der Waals surface area contributed by atoms with Crippen LogP contribution >= 0.6 is 15.9 Å². The maximum atomic E-state index is 13.7. The van der Waals surface area contributed by atoms with E-state index in [9.17, 15) is 14.0 Å². The van der Waals surface area contributed by atoms with Crippen molar-refractivity contribution in [3.8, 4) is 0 Å². The van der Waals surface area contributed by atoms with Gasteiger partial charge in [-0.2, -0.15) is 0 Å². The van der Waals surface area contributed by atoms with Crippen molar-refractivity contribution in [1.29, 1.82) is 0 Å². The number of nitrogens with one attached hydrogen (secondary N) is 1. The number of amides is 2. The van der Waals surface area contributed by atoms with E-state index in [2.05, 4.69) is 21.2 Å². The molecule has 1 aliphatic rings. The van der Waals surface area contributed by atoms with Crippen LogP contribution in [0.5, 0.6) is 0 Å². The fourth-order valence-electron chi connectivity index (χ4n) is 1.77. The van der Waals surface area contributed by atoms with E-state index in [0.29, 0.717) is 10.0 Å². The molecule has 18 heavy (non-hydrogen) atoms. The zero-order valence-corrected chi connectivity index (χ0v) is 11.3. The van der Waals surface area contributed by atoms with Crippen LogP contribution in [0.3, 0.4) is 0 Å². The van der Waals surface area contributed by atoms with Gasteiger partial charge in [0.1, 0.15) is 5.82 Å². The first kappa shape index (κ1) is 13.2. The van der Waals surface area contributed by atoms with Gasteiger partial charge in [-0.3, -0.25) is 19.8 Å². The number of carbonyl (C=O) groups is 2. The Balaban J connectivity index is 2.21. The van der Waals surface area contributed by atoms with E-state index in [4.69, 9.17) is 0 Å². The Morgan fingerprint density at radius 3 is 2.89 bits per heavy atom. The molecule has 0 aromatic heterocycles. The molecule has 1 fully saturated rings. The molecule has 6 heteroatoms. The molecular weight excluding hydrogens is 303 g/mol. The molecule has 4 nitrogen and oxygen atoms in total. The van der Waals surface area contributed by atoms with Gasteiger partial charge in [0.25, 0.3) is 0 Å². The lowest BCUT2D eigenvalue weighted by Crippen LogP contribution is -2.56. The summed E-state index contributed by atoms with van der Waals surface area (Å²) < 4.78 is 14.3. The number of hydrogen-bond donors (Lipinski definition) is 1. The number of carbonyl (C=O) groups excluding carboxylic acids is 2. The maximum absolute atomic E-state index is 13.7. The smallest absolute Gasteiger partial charge is 0.246 e. The van der Waals surface area contributed by atoms with Gasteiger partial charge in [0.05, 0.1) is 19.1 Å². The summed E-state index contributed by atoms with van der Waals surface area (Å²) in [6, 6.07) is 4.14. The summed E-state index contributed by atoms with van der Waals surface area (Å²) in [5, 5.41) is 2.78. The average Bonchev–Trinajstić information content (AvgIpc) is 2.32. The Morgan fingerprint density at radius 2 is 2.22 bits per heavy atom. The number of rotatable bonds is 2. The van der Waals surface area contributed by atoms with Gasteiger partial charge >= 0.3 is 0 Å². The third-order valence-electron chi connectivity index (χ3n) is 2.84. The van der Waals surface area contributed by atoms with Crippen LogP contribution in [0.1, 0.15) is 12.5 Å². The Kier molecular flexibility index (Phi) is 3.77. The molecule has 0 spiro atoms. The maximum Gasteiger partial charge on any atom is 0.246 e. The molecule has 1 aromatic rings. The summed E-state index contributed by atoms with van der Waals surface area (Å²) in [6.07, 6.45) is 0. The zero-order valence-electron chi connectivity index (χ0n) is 9.74. The highest BCUT2D eigenvalue weighted by Gasteiger charge is 2.31. The zero-order chi connectivity index (χ0) is 13.3. The molecule has 0 bridgehead atoms. The van der Waals surface area contributed by atoms with Crippen LogP contribution < -0.4 is 5.32 Å². The summed E-state index contributed by atoms with van der Waals surface area (Å²) in [6.45, 7) is 1.76. The van der Waals surface area contributed by atoms with Gasteiger partial charge in [-0.15, -0.1) is 0 Å². The molecule has 96 valence electrons. The molecule has 1 N–H and O–H groups in total. The van der Waals surface area contributed by atoms with Gasteiger partial charge in [0, 0.05) is 10.0 Å². The lowest BCUT2D eigenvalue weighted by Gasteiger charge is -2.29. The minimum Gasteiger partial charge on any atom is -0.298 e. The number of benzene rings is 1. The highest BCUT2D eigenvalue weighted by molar-refractivity contribution is 9.10. The van der Waals surface area contributed by atoms with Crippen LogP contribution in [0.15, 0.2) is 22.7 Å². The van der Waals surface area contributed by atoms with Crippen LogP contribution in [-0.4, -0.2) is 29.3 Å². The van der Waals surface area contributed by atoms with Crippen molar-refractivity contribution in [1.82, 2.24) is 10.2 Å². The SMILES string of the molecule is CC1NCC(=O)N(Cc2ccc(Br)cc2F)C1=O. The van der Waals surface area contributed by atoms with Gasteiger partial charge in [-0.25, -0.2) is 4.39 Å². The second-order valence-corrected chi connectivity index (χ2v) is 5.07. The molecule has 2 rings (SSSR count). The predicted molar refractivity (Wildman–Crippen MR) is 67.1 cm³/mol. The number of hydrogen-bond acceptors (Lipinski definition) is 3. The van der Waals surface area contributed by atoms with Crippen molar-refractivity contribution >= 4 is 27.7 Å². The van der Waals surface area contributed by atoms with E-state index < -0.39 is 11.9 Å². The second kappa shape index (κ2) is 5.16. The molecule has 1 aromatic carbocycles. The Bertz CT molecular complexity index is 507. The minimum absolute atomic E-state index is 0.0250. The van der Waals surface area contributed by atoms with E-state index in [1.54, 1.807) is 19.1 Å². The van der Waals surface area contributed by atoms with Crippen LogP contribution in [0, 0.1) is 5.82 Å². The Morgan fingerprint density at radius 1 is 1.50 bits per heavy atom. The summed E-state index contributed by atoms with van der Waals surface area (Å²) in [7, 11) is 0. The first-order valence-electron chi connectivity index (χ1n) is 5.50. The summed E-state index contributed by atoms with van der Waals surface area (Å²) >= 11 is 3.16. The first-order valence-corrected chi connectivity index (χ1v) is 6.30. The molecule has 1 heterocycles. The largest absolute Gasteiger partial charge is 0.298 e. The average molecular weight is 315 g/mol. The van der Waals surface area contributed by atoms with Crippen molar-refractivity contribution in [3.63, 3.8) is 0 Å². The van der Waals surface area contributed by atoms with E-state index in [1.807, 2.05) is 0 Å². The Labute approximate surface area is 112 Å². The predicted octanol–water partition coefficient (Wildman–Crippen LogP) is 1.44. The van der Waals surface area contributed by atoms with E-state index in [-0.39, 0.29) is 24.9 Å². The van der Waals surface area contributed by atoms with Crippen LogP contribution in [0.4, 0.5) is 4.39 Å². The lowest BCUT2D eigenvalue weighted by molar-refractivity contribution is -0.149. The van der Waals surface area contributed by atoms with Crippen LogP contribution in [0.25, 0.3) is 0 Å². The number of imide groups is 1. The fraction of sp³-hybridized carbons (Fsp3) is 0.333. The minimum atomic E-state index is -0.434. The molecule has 2 amide bonds. The molecule has 0 saturated carbocycles. The van der Waals surface area contributed by atoms with Crippen molar-refractivity contribution in [2.24, 2.45) is 0 Å².